The number of fused-ring (bicyclic) bond motifs is 3. The second kappa shape index (κ2) is 7.41. The van der Waals surface area contributed by atoms with E-state index in [1.807, 2.05) is 36.8 Å². The molecule has 9 heteroatoms. The third-order valence-electron chi connectivity index (χ3n) is 4.50. The van der Waals surface area contributed by atoms with Crippen LogP contribution >= 0.6 is 23.5 Å². The highest BCUT2D eigenvalue weighted by Gasteiger charge is 2.12. The van der Waals surface area contributed by atoms with Gasteiger partial charge >= 0.3 is 0 Å². The van der Waals surface area contributed by atoms with Gasteiger partial charge < -0.3 is 4.42 Å². The molecule has 0 fully saturated rings. The molecule has 0 aliphatic heterocycles. The fourth-order valence-electron chi connectivity index (χ4n) is 3.12. The number of aromatic nitrogens is 6. The van der Waals surface area contributed by atoms with Crippen molar-refractivity contribution in [3.05, 3.63) is 48.8 Å². The molecule has 0 unspecified atom stereocenters. The van der Waals surface area contributed by atoms with Crippen LogP contribution in [0, 0.1) is 0 Å². The van der Waals surface area contributed by atoms with E-state index in [9.17, 15) is 0 Å². The second-order valence-electron chi connectivity index (χ2n) is 6.18. The minimum atomic E-state index is 0.641. The summed E-state index contributed by atoms with van der Waals surface area (Å²) in [5.74, 6) is 0. The van der Waals surface area contributed by atoms with Gasteiger partial charge in [0.15, 0.2) is 0 Å². The summed E-state index contributed by atoms with van der Waals surface area (Å²) in [6.45, 7) is 0. The van der Waals surface area contributed by atoms with Gasteiger partial charge in [-0.2, -0.15) is 10.2 Å². The van der Waals surface area contributed by atoms with Crippen LogP contribution in [-0.4, -0.2) is 42.9 Å². The van der Waals surface area contributed by atoms with Crippen molar-refractivity contribution in [2.45, 2.75) is 10.3 Å². The molecule has 0 radical (unpaired) electrons. The van der Waals surface area contributed by atoms with Gasteiger partial charge in [0.05, 0.1) is 23.8 Å². The van der Waals surface area contributed by atoms with Crippen LogP contribution in [0.4, 0.5) is 0 Å². The first-order valence-corrected chi connectivity index (χ1v) is 11.1. The first-order valence-electron chi connectivity index (χ1n) is 8.69. The first-order chi connectivity index (χ1) is 14.2. The van der Waals surface area contributed by atoms with Crippen LogP contribution in [0.25, 0.3) is 44.5 Å². The van der Waals surface area contributed by atoms with E-state index in [2.05, 4.69) is 42.5 Å². The van der Waals surface area contributed by atoms with Gasteiger partial charge in [0.2, 0.25) is 10.3 Å². The highest BCUT2D eigenvalue weighted by Crippen LogP contribution is 2.34. The molecule has 0 aliphatic carbocycles. The fourth-order valence-corrected chi connectivity index (χ4v) is 3.76. The van der Waals surface area contributed by atoms with Crippen LogP contribution in [0.3, 0.4) is 0 Å². The molecule has 0 N–H and O–H groups in total. The van der Waals surface area contributed by atoms with Crippen molar-refractivity contribution in [2.24, 2.45) is 0 Å². The lowest BCUT2D eigenvalue weighted by molar-refractivity contribution is 0.669. The van der Waals surface area contributed by atoms with Crippen molar-refractivity contribution >= 4 is 45.5 Å². The van der Waals surface area contributed by atoms with E-state index in [1.165, 1.54) is 23.5 Å². The molecule has 3 aromatic heterocycles. The summed E-state index contributed by atoms with van der Waals surface area (Å²) in [5, 5.41) is 19.4. The zero-order valence-electron chi connectivity index (χ0n) is 15.5. The van der Waals surface area contributed by atoms with Crippen LogP contribution in [-0.2, 0) is 0 Å². The summed E-state index contributed by atoms with van der Waals surface area (Å²) in [6, 6.07) is 12.0. The summed E-state index contributed by atoms with van der Waals surface area (Å²) in [6.07, 6.45) is 7.20. The Balaban J connectivity index is 1.66. The number of furan rings is 1. The number of benzene rings is 2. The Labute approximate surface area is 174 Å². The summed E-state index contributed by atoms with van der Waals surface area (Å²) in [4.78, 5) is 9.10. The van der Waals surface area contributed by atoms with Gasteiger partial charge in [0.1, 0.15) is 11.2 Å². The number of hydrogen-bond acceptors (Lipinski definition) is 9. The number of rotatable bonds is 4. The van der Waals surface area contributed by atoms with E-state index in [1.54, 1.807) is 12.4 Å². The number of thioether (sulfide) groups is 2. The van der Waals surface area contributed by atoms with Crippen LogP contribution in [0.1, 0.15) is 0 Å². The third kappa shape index (κ3) is 3.32. The molecule has 3 heterocycles. The van der Waals surface area contributed by atoms with Crippen molar-refractivity contribution in [3.8, 4) is 22.5 Å². The Morgan fingerprint density at radius 1 is 0.690 bits per heavy atom. The summed E-state index contributed by atoms with van der Waals surface area (Å²) in [5.41, 5.74) is 5.12. The van der Waals surface area contributed by atoms with Crippen LogP contribution in [0.2, 0.25) is 0 Å². The van der Waals surface area contributed by atoms with E-state index in [0.717, 1.165) is 44.5 Å². The highest BCUT2D eigenvalue weighted by molar-refractivity contribution is 7.98. The van der Waals surface area contributed by atoms with E-state index in [-0.39, 0.29) is 0 Å². The van der Waals surface area contributed by atoms with Crippen molar-refractivity contribution in [1.29, 1.82) is 0 Å². The maximum Gasteiger partial charge on any atom is 0.209 e. The van der Waals surface area contributed by atoms with Gasteiger partial charge in [0, 0.05) is 21.9 Å². The minimum absolute atomic E-state index is 0.641. The van der Waals surface area contributed by atoms with Gasteiger partial charge in [-0.3, -0.25) is 0 Å². The van der Waals surface area contributed by atoms with Crippen LogP contribution < -0.4 is 0 Å². The van der Waals surface area contributed by atoms with Crippen LogP contribution in [0.15, 0.2) is 63.5 Å². The number of hydrogen-bond donors (Lipinski definition) is 0. The smallest absolute Gasteiger partial charge is 0.209 e. The number of nitrogens with zero attached hydrogens (tertiary/aromatic N) is 6. The zero-order valence-corrected chi connectivity index (χ0v) is 17.2. The SMILES string of the molecule is CSc1nncc(-c2ccc3oc4ccc(-c5cnnc(SC)n5)cc4c3c2)n1. The van der Waals surface area contributed by atoms with Gasteiger partial charge in [0.25, 0.3) is 0 Å². The second-order valence-corrected chi connectivity index (χ2v) is 7.73. The average molecular weight is 419 g/mol. The van der Waals surface area contributed by atoms with Crippen LogP contribution in [0.5, 0.6) is 0 Å². The largest absolute Gasteiger partial charge is 0.456 e. The molecule has 5 aromatic rings. The molecule has 0 bridgehead atoms. The van der Waals surface area contributed by atoms with E-state index in [4.69, 9.17) is 4.42 Å². The molecule has 0 spiro atoms. The molecule has 142 valence electrons. The summed E-state index contributed by atoms with van der Waals surface area (Å²) in [7, 11) is 0. The lowest BCUT2D eigenvalue weighted by Crippen LogP contribution is -1.92. The minimum Gasteiger partial charge on any atom is -0.456 e. The van der Waals surface area contributed by atoms with Crippen molar-refractivity contribution in [2.75, 3.05) is 12.5 Å². The van der Waals surface area contributed by atoms with Gasteiger partial charge in [-0.15, -0.1) is 10.2 Å². The van der Waals surface area contributed by atoms with Crippen molar-refractivity contribution in [1.82, 2.24) is 30.4 Å². The van der Waals surface area contributed by atoms with Crippen molar-refractivity contribution < 1.29 is 4.42 Å². The monoisotopic (exact) mass is 418 g/mol. The lowest BCUT2D eigenvalue weighted by Gasteiger charge is -2.02. The molecular formula is C20H14N6OS2. The zero-order chi connectivity index (χ0) is 19.8. The molecular weight excluding hydrogens is 404 g/mol. The molecule has 2 aromatic carbocycles. The Kier molecular flexibility index (Phi) is 4.61. The molecule has 7 nitrogen and oxygen atoms in total. The molecule has 29 heavy (non-hydrogen) atoms. The first kappa shape index (κ1) is 18.0. The van der Waals surface area contributed by atoms with Gasteiger partial charge in [-0.05, 0) is 48.9 Å². The predicted molar refractivity (Wildman–Crippen MR) is 115 cm³/mol. The molecule has 5 rings (SSSR count). The van der Waals surface area contributed by atoms with Crippen molar-refractivity contribution in [3.63, 3.8) is 0 Å². The quantitative estimate of drug-likeness (QED) is 0.384. The molecule has 0 aliphatic rings. The van der Waals surface area contributed by atoms with Gasteiger partial charge in [-0.25, -0.2) is 9.97 Å². The van der Waals surface area contributed by atoms with E-state index < -0.39 is 0 Å². The Bertz CT molecular complexity index is 1250. The molecule has 0 atom stereocenters. The molecule has 0 saturated carbocycles. The maximum absolute atomic E-state index is 6.02. The Morgan fingerprint density at radius 2 is 1.17 bits per heavy atom. The Morgan fingerprint density at radius 3 is 1.62 bits per heavy atom. The van der Waals surface area contributed by atoms with E-state index in [0.29, 0.717) is 10.3 Å². The molecule has 0 amide bonds. The average Bonchev–Trinajstić information content (AvgIpc) is 3.16. The lowest BCUT2D eigenvalue weighted by atomic mass is 10.0. The highest BCUT2D eigenvalue weighted by atomic mass is 32.2. The predicted octanol–water partition coefficient (Wildman–Crippen LogP) is 4.73. The maximum atomic E-state index is 6.02. The third-order valence-corrected chi connectivity index (χ3v) is 5.58. The summed E-state index contributed by atoms with van der Waals surface area (Å²) >= 11 is 2.93. The van der Waals surface area contributed by atoms with E-state index >= 15 is 0 Å². The topological polar surface area (TPSA) is 90.5 Å². The standard InChI is InChI=1S/C20H14N6OS2/c1-28-19-23-15(9-21-25-19)11-3-5-17-13(7-11)14-8-12(4-6-18(14)27-17)16-10-22-26-20(24-16)29-2/h3-10H,1-2H3. The fraction of sp³-hybridized carbons (Fsp3) is 0.100. The normalized spacial score (nSPS) is 11.4. The molecule has 0 saturated heterocycles. The van der Waals surface area contributed by atoms with Gasteiger partial charge in [-0.1, -0.05) is 23.5 Å². The Hall–Kier alpha value is -3.04. The summed E-state index contributed by atoms with van der Waals surface area (Å²) < 4.78 is 6.02.